The molecule has 0 saturated heterocycles. The van der Waals surface area contributed by atoms with Gasteiger partial charge in [-0.3, -0.25) is 0 Å². The van der Waals surface area contributed by atoms with Gasteiger partial charge in [0.2, 0.25) is 0 Å². The quantitative estimate of drug-likeness (QED) is 0.821. The number of aromatic nitrogens is 4. The normalized spacial score (nSPS) is 12.4. The fraction of sp³-hybridized carbons (Fsp3) is 0.300. The van der Waals surface area contributed by atoms with Crippen LogP contribution in [0.4, 0.5) is 0 Å². The Hall–Kier alpha value is -1.95. The van der Waals surface area contributed by atoms with Crippen molar-refractivity contribution in [2.24, 2.45) is 5.73 Å². The summed E-state index contributed by atoms with van der Waals surface area (Å²) in [7, 11) is 1.62. The summed E-state index contributed by atoms with van der Waals surface area (Å²) in [5, 5.41) is 11.4. The first-order valence-corrected chi connectivity index (χ1v) is 4.90. The Balaban J connectivity index is 2.46. The summed E-state index contributed by atoms with van der Waals surface area (Å²) < 4.78 is 6.74. The SMILES string of the molecule is COc1cccc(-n2nnnc2C(C)N)c1. The number of hydrogen-bond acceptors (Lipinski definition) is 5. The molecule has 1 heterocycles. The number of rotatable bonds is 3. The third-order valence-electron chi connectivity index (χ3n) is 2.20. The van der Waals surface area contributed by atoms with Crippen LogP contribution in [0.2, 0.25) is 0 Å². The molecule has 0 fully saturated rings. The Morgan fingerprint density at radius 3 is 2.94 bits per heavy atom. The molecule has 1 atom stereocenters. The van der Waals surface area contributed by atoms with Gasteiger partial charge in [-0.2, -0.15) is 4.68 Å². The lowest BCUT2D eigenvalue weighted by Gasteiger charge is -2.07. The van der Waals surface area contributed by atoms with Crippen LogP contribution in [0.25, 0.3) is 5.69 Å². The van der Waals surface area contributed by atoms with Crippen molar-refractivity contribution in [3.8, 4) is 11.4 Å². The lowest BCUT2D eigenvalue weighted by atomic mass is 10.3. The van der Waals surface area contributed by atoms with Crippen LogP contribution < -0.4 is 10.5 Å². The maximum absolute atomic E-state index is 5.77. The molecule has 0 aliphatic heterocycles. The van der Waals surface area contributed by atoms with Crippen molar-refractivity contribution >= 4 is 0 Å². The molecule has 6 nitrogen and oxygen atoms in total. The molecule has 1 aromatic heterocycles. The van der Waals surface area contributed by atoms with Crippen molar-refractivity contribution in [3.63, 3.8) is 0 Å². The zero-order valence-electron chi connectivity index (χ0n) is 9.16. The van der Waals surface area contributed by atoms with Gasteiger partial charge < -0.3 is 10.5 Å². The van der Waals surface area contributed by atoms with Gasteiger partial charge in [-0.05, 0) is 29.5 Å². The number of methoxy groups -OCH3 is 1. The summed E-state index contributed by atoms with van der Waals surface area (Å²) in [5.74, 6) is 1.37. The molecule has 6 heteroatoms. The Morgan fingerprint density at radius 2 is 2.25 bits per heavy atom. The second kappa shape index (κ2) is 4.28. The lowest BCUT2D eigenvalue weighted by Crippen LogP contribution is -2.13. The average Bonchev–Trinajstić information content (AvgIpc) is 2.78. The number of nitrogens with two attached hydrogens (primary N) is 1. The minimum Gasteiger partial charge on any atom is -0.497 e. The monoisotopic (exact) mass is 219 g/mol. The van der Waals surface area contributed by atoms with Crippen LogP contribution in [0, 0.1) is 0 Å². The van der Waals surface area contributed by atoms with E-state index in [-0.39, 0.29) is 6.04 Å². The number of hydrogen-bond donors (Lipinski definition) is 1. The Morgan fingerprint density at radius 1 is 1.44 bits per heavy atom. The van der Waals surface area contributed by atoms with E-state index in [2.05, 4.69) is 15.5 Å². The predicted molar refractivity (Wildman–Crippen MR) is 58.3 cm³/mol. The van der Waals surface area contributed by atoms with Gasteiger partial charge in [0.25, 0.3) is 0 Å². The van der Waals surface area contributed by atoms with Crippen LogP contribution in [0.3, 0.4) is 0 Å². The molecular formula is C10H13N5O. The molecule has 2 N–H and O–H groups in total. The topological polar surface area (TPSA) is 78.8 Å². The fourth-order valence-electron chi connectivity index (χ4n) is 1.40. The fourth-order valence-corrected chi connectivity index (χ4v) is 1.40. The Labute approximate surface area is 93.0 Å². The van der Waals surface area contributed by atoms with Crippen molar-refractivity contribution < 1.29 is 4.74 Å². The number of benzene rings is 1. The largest absolute Gasteiger partial charge is 0.497 e. The van der Waals surface area contributed by atoms with Crippen LogP contribution in [0.15, 0.2) is 24.3 Å². The van der Waals surface area contributed by atoms with Crippen LogP contribution in [0.5, 0.6) is 5.75 Å². The van der Waals surface area contributed by atoms with E-state index in [1.807, 2.05) is 31.2 Å². The molecule has 0 aliphatic carbocycles. The van der Waals surface area contributed by atoms with Crippen molar-refractivity contribution in [3.05, 3.63) is 30.1 Å². The molecule has 2 rings (SSSR count). The van der Waals surface area contributed by atoms with Gasteiger partial charge in [0, 0.05) is 6.07 Å². The zero-order valence-corrected chi connectivity index (χ0v) is 9.16. The molecule has 0 spiro atoms. The molecule has 16 heavy (non-hydrogen) atoms. The molecule has 84 valence electrons. The van der Waals surface area contributed by atoms with Crippen molar-refractivity contribution in [1.29, 1.82) is 0 Å². The second-order valence-corrected chi connectivity index (χ2v) is 3.44. The van der Waals surface area contributed by atoms with E-state index in [0.717, 1.165) is 11.4 Å². The molecule has 1 unspecified atom stereocenters. The first-order chi connectivity index (χ1) is 7.72. The molecule has 1 aromatic carbocycles. The minimum atomic E-state index is -0.221. The number of ether oxygens (including phenoxy) is 1. The number of tetrazole rings is 1. The van der Waals surface area contributed by atoms with E-state index >= 15 is 0 Å². The van der Waals surface area contributed by atoms with E-state index in [1.54, 1.807) is 11.8 Å². The van der Waals surface area contributed by atoms with Crippen molar-refractivity contribution in [1.82, 2.24) is 20.2 Å². The molecule has 0 aliphatic rings. The van der Waals surface area contributed by atoms with Gasteiger partial charge >= 0.3 is 0 Å². The molecule has 0 bridgehead atoms. The molecule has 0 saturated carbocycles. The summed E-state index contributed by atoms with van der Waals surface area (Å²) in [4.78, 5) is 0. The Bertz CT molecular complexity index is 480. The van der Waals surface area contributed by atoms with Gasteiger partial charge in [0.15, 0.2) is 5.82 Å². The van der Waals surface area contributed by atoms with Gasteiger partial charge in [-0.25, -0.2) is 0 Å². The van der Waals surface area contributed by atoms with Gasteiger partial charge in [-0.15, -0.1) is 5.10 Å². The summed E-state index contributed by atoms with van der Waals surface area (Å²) in [6, 6.07) is 7.26. The average molecular weight is 219 g/mol. The molecule has 0 radical (unpaired) electrons. The highest BCUT2D eigenvalue weighted by Crippen LogP contribution is 2.17. The van der Waals surface area contributed by atoms with Crippen LogP contribution in [-0.4, -0.2) is 27.3 Å². The summed E-state index contributed by atoms with van der Waals surface area (Å²) in [5.41, 5.74) is 6.60. The summed E-state index contributed by atoms with van der Waals surface area (Å²) in [6.07, 6.45) is 0. The van der Waals surface area contributed by atoms with E-state index in [9.17, 15) is 0 Å². The summed E-state index contributed by atoms with van der Waals surface area (Å²) in [6.45, 7) is 1.84. The number of nitrogens with zero attached hydrogens (tertiary/aromatic N) is 4. The van der Waals surface area contributed by atoms with Gasteiger partial charge in [0.1, 0.15) is 5.75 Å². The first kappa shape index (κ1) is 10.6. The van der Waals surface area contributed by atoms with Gasteiger partial charge in [0.05, 0.1) is 18.8 Å². The third-order valence-corrected chi connectivity index (χ3v) is 2.20. The van der Waals surface area contributed by atoms with E-state index < -0.39 is 0 Å². The van der Waals surface area contributed by atoms with Gasteiger partial charge in [-0.1, -0.05) is 6.07 Å². The molecule has 0 amide bonds. The van der Waals surface area contributed by atoms with Crippen molar-refractivity contribution in [2.45, 2.75) is 13.0 Å². The highest BCUT2D eigenvalue weighted by molar-refractivity contribution is 5.38. The van der Waals surface area contributed by atoms with Crippen molar-refractivity contribution in [2.75, 3.05) is 7.11 Å². The van der Waals surface area contributed by atoms with E-state index in [0.29, 0.717) is 5.82 Å². The van der Waals surface area contributed by atoms with Crippen LogP contribution >= 0.6 is 0 Å². The highest BCUT2D eigenvalue weighted by atomic mass is 16.5. The molecular weight excluding hydrogens is 206 g/mol. The van der Waals surface area contributed by atoms with E-state index in [4.69, 9.17) is 10.5 Å². The smallest absolute Gasteiger partial charge is 0.173 e. The highest BCUT2D eigenvalue weighted by Gasteiger charge is 2.12. The summed E-state index contributed by atoms with van der Waals surface area (Å²) >= 11 is 0. The molecule has 2 aromatic rings. The third kappa shape index (κ3) is 1.87. The van der Waals surface area contributed by atoms with E-state index in [1.165, 1.54) is 0 Å². The lowest BCUT2D eigenvalue weighted by molar-refractivity contribution is 0.414. The standard InChI is InChI=1S/C10H13N5O/c1-7(11)10-12-13-14-15(10)8-4-3-5-9(6-8)16-2/h3-7H,11H2,1-2H3. The maximum atomic E-state index is 5.77. The minimum absolute atomic E-state index is 0.221. The second-order valence-electron chi connectivity index (χ2n) is 3.44. The first-order valence-electron chi connectivity index (χ1n) is 4.90. The predicted octanol–water partition coefficient (Wildman–Crippen LogP) is 0.691. The zero-order chi connectivity index (χ0) is 11.5. The van der Waals surface area contributed by atoms with Crippen LogP contribution in [-0.2, 0) is 0 Å². The maximum Gasteiger partial charge on any atom is 0.173 e. The van der Waals surface area contributed by atoms with Crippen LogP contribution in [0.1, 0.15) is 18.8 Å². The Kier molecular flexibility index (Phi) is 2.82.